The van der Waals surface area contributed by atoms with E-state index in [4.69, 9.17) is 14.2 Å². The number of hydrogen-bond acceptors (Lipinski definition) is 4. The van der Waals surface area contributed by atoms with Crippen molar-refractivity contribution in [2.24, 2.45) is 0 Å². The van der Waals surface area contributed by atoms with Gasteiger partial charge in [-0.05, 0) is 61.9 Å². The largest absolute Gasteiger partial charge is 0.497 e. The summed E-state index contributed by atoms with van der Waals surface area (Å²) in [6.45, 7) is 3.99. The number of nitrogens with one attached hydrogen (secondary N) is 1. The zero-order valence-corrected chi connectivity index (χ0v) is 18.4. The lowest BCUT2D eigenvalue weighted by molar-refractivity contribution is -0.116. The lowest BCUT2D eigenvalue weighted by atomic mass is 9.87. The minimum absolute atomic E-state index is 0.0800. The van der Waals surface area contributed by atoms with Crippen LogP contribution in [0.4, 0.5) is 5.69 Å². The van der Waals surface area contributed by atoms with Gasteiger partial charge in [0.15, 0.2) is 0 Å². The molecule has 0 spiro atoms. The van der Waals surface area contributed by atoms with Gasteiger partial charge in [-0.3, -0.25) is 4.79 Å². The first-order chi connectivity index (χ1) is 15.0. The van der Waals surface area contributed by atoms with Gasteiger partial charge in [0, 0.05) is 23.6 Å². The Hall–Kier alpha value is -3.47. The molecular formula is C26H29NO4. The fraction of sp³-hybridized carbons (Fsp3) is 0.269. The summed E-state index contributed by atoms with van der Waals surface area (Å²) in [5, 5.41) is 2.98. The van der Waals surface area contributed by atoms with Gasteiger partial charge < -0.3 is 19.5 Å². The maximum absolute atomic E-state index is 12.9. The second-order valence-corrected chi connectivity index (χ2v) is 7.51. The molecule has 31 heavy (non-hydrogen) atoms. The van der Waals surface area contributed by atoms with Crippen molar-refractivity contribution in [3.05, 3.63) is 83.9 Å². The van der Waals surface area contributed by atoms with Crippen molar-refractivity contribution >= 4 is 11.6 Å². The van der Waals surface area contributed by atoms with Gasteiger partial charge in [0.1, 0.15) is 17.2 Å². The van der Waals surface area contributed by atoms with Crippen LogP contribution in [-0.2, 0) is 4.79 Å². The Kier molecular flexibility index (Phi) is 7.55. The smallest absolute Gasteiger partial charge is 0.225 e. The number of para-hydroxylation sites is 1. The van der Waals surface area contributed by atoms with Crippen LogP contribution in [0, 0.1) is 0 Å². The van der Waals surface area contributed by atoms with Crippen LogP contribution in [0.2, 0.25) is 0 Å². The molecule has 0 saturated heterocycles. The highest BCUT2D eigenvalue weighted by Crippen LogP contribution is 2.35. The molecule has 1 amide bonds. The predicted molar refractivity (Wildman–Crippen MR) is 123 cm³/mol. The van der Waals surface area contributed by atoms with E-state index < -0.39 is 0 Å². The second kappa shape index (κ2) is 10.5. The molecule has 0 radical (unpaired) electrons. The number of rotatable bonds is 9. The van der Waals surface area contributed by atoms with Gasteiger partial charge in [0.25, 0.3) is 0 Å². The normalized spacial score (nSPS) is 11.6. The minimum Gasteiger partial charge on any atom is -0.497 e. The molecule has 0 aliphatic rings. The Morgan fingerprint density at radius 3 is 2.10 bits per heavy atom. The summed E-state index contributed by atoms with van der Waals surface area (Å²) in [7, 11) is 3.26. The number of methoxy groups -OCH3 is 2. The number of carbonyl (C=O) groups excluding carboxylic acids is 1. The molecule has 0 bridgehead atoms. The van der Waals surface area contributed by atoms with E-state index in [0.717, 1.165) is 34.1 Å². The number of anilines is 1. The van der Waals surface area contributed by atoms with E-state index in [1.54, 1.807) is 14.2 Å². The van der Waals surface area contributed by atoms with E-state index in [9.17, 15) is 4.79 Å². The van der Waals surface area contributed by atoms with Crippen molar-refractivity contribution in [1.82, 2.24) is 0 Å². The number of hydrogen-bond donors (Lipinski definition) is 1. The monoisotopic (exact) mass is 419 g/mol. The molecule has 162 valence electrons. The van der Waals surface area contributed by atoms with Crippen molar-refractivity contribution in [2.75, 3.05) is 19.5 Å². The van der Waals surface area contributed by atoms with Gasteiger partial charge in [-0.25, -0.2) is 0 Å². The summed E-state index contributed by atoms with van der Waals surface area (Å²) < 4.78 is 16.5. The second-order valence-electron chi connectivity index (χ2n) is 7.51. The SMILES string of the molecule is COc1ccc(NC(=O)CC(c2ccc(OC(C)C)cc2)c2ccccc2OC)cc1. The number of benzene rings is 3. The molecule has 5 nitrogen and oxygen atoms in total. The predicted octanol–water partition coefficient (Wildman–Crippen LogP) is 5.65. The first kappa shape index (κ1) is 22.2. The van der Waals surface area contributed by atoms with Crippen molar-refractivity contribution < 1.29 is 19.0 Å². The van der Waals surface area contributed by atoms with E-state index in [0.29, 0.717) is 0 Å². The van der Waals surface area contributed by atoms with Crippen molar-refractivity contribution in [1.29, 1.82) is 0 Å². The molecule has 1 unspecified atom stereocenters. The lowest BCUT2D eigenvalue weighted by Gasteiger charge is -2.21. The highest BCUT2D eigenvalue weighted by Gasteiger charge is 2.22. The highest BCUT2D eigenvalue weighted by atomic mass is 16.5. The molecule has 0 aliphatic carbocycles. The standard InChI is InChI=1S/C26H29NO4/c1-18(2)31-22-13-9-19(10-14-22)24(23-7-5-6-8-25(23)30-4)17-26(28)27-20-11-15-21(29-3)16-12-20/h5-16,18,24H,17H2,1-4H3,(H,27,28). The van der Waals surface area contributed by atoms with E-state index in [1.165, 1.54) is 0 Å². The van der Waals surface area contributed by atoms with E-state index in [1.807, 2.05) is 86.6 Å². The molecule has 3 aromatic carbocycles. The Labute approximate surface area is 184 Å². The van der Waals surface area contributed by atoms with E-state index in [2.05, 4.69) is 5.32 Å². The molecule has 1 atom stereocenters. The van der Waals surface area contributed by atoms with Gasteiger partial charge in [-0.15, -0.1) is 0 Å². The van der Waals surface area contributed by atoms with Crippen LogP contribution in [-0.4, -0.2) is 26.2 Å². The zero-order valence-electron chi connectivity index (χ0n) is 18.4. The zero-order chi connectivity index (χ0) is 22.2. The van der Waals surface area contributed by atoms with Crippen LogP contribution in [0.5, 0.6) is 17.2 Å². The first-order valence-electron chi connectivity index (χ1n) is 10.3. The van der Waals surface area contributed by atoms with Gasteiger partial charge >= 0.3 is 0 Å². The molecule has 0 fully saturated rings. The molecule has 5 heteroatoms. The maximum atomic E-state index is 12.9. The highest BCUT2D eigenvalue weighted by molar-refractivity contribution is 5.91. The first-order valence-corrected chi connectivity index (χ1v) is 10.3. The topological polar surface area (TPSA) is 56.8 Å². The van der Waals surface area contributed by atoms with Gasteiger partial charge in [0.2, 0.25) is 5.91 Å². The third kappa shape index (κ3) is 6.01. The summed E-state index contributed by atoms with van der Waals surface area (Å²) in [5.74, 6) is 2.06. The van der Waals surface area contributed by atoms with Gasteiger partial charge in [0.05, 0.1) is 20.3 Å². The summed E-state index contributed by atoms with van der Waals surface area (Å²) in [6.07, 6.45) is 0.377. The van der Waals surface area contributed by atoms with Crippen molar-refractivity contribution in [3.8, 4) is 17.2 Å². The van der Waals surface area contributed by atoms with Crippen LogP contribution < -0.4 is 19.5 Å². The lowest BCUT2D eigenvalue weighted by Crippen LogP contribution is -2.17. The molecule has 3 aromatic rings. The summed E-state index contributed by atoms with van der Waals surface area (Å²) in [6, 6.07) is 23.0. The molecule has 1 N–H and O–H groups in total. The Balaban J connectivity index is 1.85. The molecule has 0 saturated carbocycles. The fourth-order valence-electron chi connectivity index (χ4n) is 3.48. The Bertz CT molecular complexity index is 981. The third-order valence-corrected chi connectivity index (χ3v) is 4.93. The average Bonchev–Trinajstić information content (AvgIpc) is 2.78. The molecule has 0 aliphatic heterocycles. The molecule has 0 heterocycles. The minimum atomic E-state index is -0.164. The number of carbonyl (C=O) groups is 1. The fourth-order valence-corrected chi connectivity index (χ4v) is 3.48. The summed E-state index contributed by atoms with van der Waals surface area (Å²) in [4.78, 5) is 12.9. The van der Waals surface area contributed by atoms with Crippen molar-refractivity contribution in [2.45, 2.75) is 32.3 Å². The average molecular weight is 420 g/mol. The molecule has 0 aromatic heterocycles. The number of ether oxygens (including phenoxy) is 3. The Morgan fingerprint density at radius 1 is 0.839 bits per heavy atom. The van der Waals surface area contributed by atoms with Gasteiger partial charge in [-0.1, -0.05) is 30.3 Å². The van der Waals surface area contributed by atoms with Crippen LogP contribution >= 0.6 is 0 Å². The van der Waals surface area contributed by atoms with Crippen LogP contribution in [0.15, 0.2) is 72.8 Å². The summed E-state index contributed by atoms with van der Waals surface area (Å²) >= 11 is 0. The number of amides is 1. The third-order valence-electron chi connectivity index (χ3n) is 4.93. The van der Waals surface area contributed by atoms with Gasteiger partial charge in [-0.2, -0.15) is 0 Å². The molecular weight excluding hydrogens is 390 g/mol. The van der Waals surface area contributed by atoms with Crippen molar-refractivity contribution in [3.63, 3.8) is 0 Å². The quantitative estimate of drug-likeness (QED) is 0.487. The van der Waals surface area contributed by atoms with Crippen LogP contribution in [0.25, 0.3) is 0 Å². The van der Waals surface area contributed by atoms with Crippen LogP contribution in [0.3, 0.4) is 0 Å². The maximum Gasteiger partial charge on any atom is 0.225 e. The summed E-state index contributed by atoms with van der Waals surface area (Å²) in [5.41, 5.74) is 2.71. The van der Waals surface area contributed by atoms with Crippen LogP contribution in [0.1, 0.15) is 37.3 Å². The van der Waals surface area contributed by atoms with E-state index in [-0.39, 0.29) is 24.3 Å². The Morgan fingerprint density at radius 2 is 1.48 bits per heavy atom. The van der Waals surface area contributed by atoms with E-state index >= 15 is 0 Å². The molecule has 3 rings (SSSR count).